The van der Waals surface area contributed by atoms with Crippen molar-refractivity contribution in [3.8, 4) is 5.75 Å². The second kappa shape index (κ2) is 6.46. The Kier molecular flexibility index (Phi) is 4.42. The molecule has 21 heavy (non-hydrogen) atoms. The van der Waals surface area contributed by atoms with Crippen LogP contribution in [0.2, 0.25) is 0 Å². The number of hydrazine groups is 1. The van der Waals surface area contributed by atoms with E-state index in [9.17, 15) is 0 Å². The maximum atomic E-state index is 5.83. The summed E-state index contributed by atoms with van der Waals surface area (Å²) < 4.78 is 5.37. The molecule has 2 aromatic carbocycles. The summed E-state index contributed by atoms with van der Waals surface area (Å²) in [7, 11) is 1.71. The third kappa shape index (κ3) is 3.04. The standard InChI is InChI=1S/C18H24N2O/c1-21-16-10-9-13-7-4-8-15(17(13)12-16)11-18(20-19)14-5-2-3-6-14/h4,7-10,12,14,18,20H,2-3,5-6,11,19H2,1H3. The first kappa shape index (κ1) is 14.4. The van der Waals surface area contributed by atoms with Gasteiger partial charge in [-0.25, -0.2) is 0 Å². The Bertz CT molecular complexity index is 605. The summed E-state index contributed by atoms with van der Waals surface area (Å²) >= 11 is 0. The van der Waals surface area contributed by atoms with Gasteiger partial charge in [0.2, 0.25) is 0 Å². The van der Waals surface area contributed by atoms with Gasteiger partial charge in [0.1, 0.15) is 5.75 Å². The number of nitrogens with two attached hydrogens (primary N) is 1. The molecule has 0 aliphatic heterocycles. The van der Waals surface area contributed by atoms with E-state index in [2.05, 4.69) is 35.8 Å². The fourth-order valence-corrected chi connectivity index (χ4v) is 3.58. The Hall–Kier alpha value is -1.58. The number of methoxy groups -OCH3 is 1. The number of hydrogen-bond acceptors (Lipinski definition) is 3. The third-order valence-corrected chi connectivity index (χ3v) is 4.80. The van der Waals surface area contributed by atoms with Gasteiger partial charge in [-0.1, -0.05) is 37.1 Å². The van der Waals surface area contributed by atoms with Gasteiger partial charge < -0.3 is 4.74 Å². The van der Waals surface area contributed by atoms with E-state index >= 15 is 0 Å². The van der Waals surface area contributed by atoms with Crippen molar-refractivity contribution in [3.05, 3.63) is 42.0 Å². The van der Waals surface area contributed by atoms with Gasteiger partial charge in [-0.2, -0.15) is 0 Å². The molecule has 0 aromatic heterocycles. The topological polar surface area (TPSA) is 47.3 Å². The number of nitrogens with one attached hydrogen (secondary N) is 1. The summed E-state index contributed by atoms with van der Waals surface area (Å²) in [6.07, 6.45) is 6.25. The minimum atomic E-state index is 0.365. The van der Waals surface area contributed by atoms with Crippen LogP contribution < -0.4 is 16.0 Å². The number of benzene rings is 2. The molecular weight excluding hydrogens is 260 g/mol. The van der Waals surface area contributed by atoms with Gasteiger partial charge in [0.25, 0.3) is 0 Å². The van der Waals surface area contributed by atoms with Crippen LogP contribution >= 0.6 is 0 Å². The summed E-state index contributed by atoms with van der Waals surface area (Å²) in [5, 5.41) is 2.53. The molecule has 0 bridgehead atoms. The average Bonchev–Trinajstić information content (AvgIpc) is 3.06. The predicted molar refractivity (Wildman–Crippen MR) is 87.3 cm³/mol. The summed E-state index contributed by atoms with van der Waals surface area (Å²) in [6.45, 7) is 0. The predicted octanol–water partition coefficient (Wildman–Crippen LogP) is 3.41. The SMILES string of the molecule is COc1ccc2cccc(CC(NN)C3CCCC3)c2c1. The van der Waals surface area contributed by atoms with Gasteiger partial charge in [0.15, 0.2) is 0 Å². The van der Waals surface area contributed by atoms with E-state index < -0.39 is 0 Å². The van der Waals surface area contributed by atoms with Crippen molar-refractivity contribution in [1.29, 1.82) is 0 Å². The Morgan fingerprint density at radius 3 is 2.76 bits per heavy atom. The third-order valence-electron chi connectivity index (χ3n) is 4.80. The second-order valence-electron chi connectivity index (χ2n) is 6.03. The van der Waals surface area contributed by atoms with Gasteiger partial charge in [-0.05, 0) is 53.6 Å². The second-order valence-corrected chi connectivity index (χ2v) is 6.03. The highest BCUT2D eigenvalue weighted by Gasteiger charge is 2.24. The van der Waals surface area contributed by atoms with Crippen LogP contribution in [0.4, 0.5) is 0 Å². The normalized spacial score (nSPS) is 17.2. The first-order valence-corrected chi connectivity index (χ1v) is 7.83. The van der Waals surface area contributed by atoms with E-state index in [1.165, 1.54) is 42.0 Å². The Labute approximate surface area is 126 Å². The fourth-order valence-electron chi connectivity index (χ4n) is 3.58. The van der Waals surface area contributed by atoms with Crippen LogP contribution in [0.1, 0.15) is 31.2 Å². The Morgan fingerprint density at radius 1 is 1.24 bits per heavy atom. The van der Waals surface area contributed by atoms with E-state index in [4.69, 9.17) is 10.6 Å². The molecule has 0 radical (unpaired) electrons. The monoisotopic (exact) mass is 284 g/mol. The van der Waals surface area contributed by atoms with Crippen LogP contribution in [-0.2, 0) is 6.42 Å². The van der Waals surface area contributed by atoms with Gasteiger partial charge in [0.05, 0.1) is 7.11 Å². The molecule has 0 heterocycles. The summed E-state index contributed by atoms with van der Waals surface area (Å²) in [4.78, 5) is 0. The molecule has 2 aromatic rings. The van der Waals surface area contributed by atoms with E-state index in [0.717, 1.165) is 12.2 Å². The summed E-state index contributed by atoms with van der Waals surface area (Å²) in [6, 6.07) is 13.1. The summed E-state index contributed by atoms with van der Waals surface area (Å²) in [5.74, 6) is 7.44. The molecule has 0 spiro atoms. The van der Waals surface area contributed by atoms with E-state index in [1.54, 1.807) is 7.11 Å². The van der Waals surface area contributed by atoms with Crippen LogP contribution in [0, 0.1) is 5.92 Å². The molecule has 0 saturated heterocycles. The van der Waals surface area contributed by atoms with Crippen molar-refractivity contribution in [2.45, 2.75) is 38.1 Å². The summed E-state index contributed by atoms with van der Waals surface area (Å²) in [5.41, 5.74) is 4.40. The molecule has 3 nitrogen and oxygen atoms in total. The minimum Gasteiger partial charge on any atom is -0.497 e. The van der Waals surface area contributed by atoms with Crippen molar-refractivity contribution >= 4 is 10.8 Å². The van der Waals surface area contributed by atoms with Crippen molar-refractivity contribution < 1.29 is 4.74 Å². The zero-order valence-electron chi connectivity index (χ0n) is 12.6. The molecule has 1 aliphatic carbocycles. The molecule has 1 fully saturated rings. The molecular formula is C18H24N2O. The van der Waals surface area contributed by atoms with Crippen LogP contribution in [0.3, 0.4) is 0 Å². The first-order chi connectivity index (χ1) is 10.3. The van der Waals surface area contributed by atoms with Gasteiger partial charge in [-0.15, -0.1) is 0 Å². The van der Waals surface area contributed by atoms with Crippen LogP contribution in [0.15, 0.2) is 36.4 Å². The highest BCUT2D eigenvalue weighted by Crippen LogP contribution is 2.31. The van der Waals surface area contributed by atoms with E-state index in [0.29, 0.717) is 12.0 Å². The largest absolute Gasteiger partial charge is 0.497 e. The maximum Gasteiger partial charge on any atom is 0.119 e. The van der Waals surface area contributed by atoms with Crippen molar-refractivity contribution in [3.63, 3.8) is 0 Å². The average molecular weight is 284 g/mol. The fraction of sp³-hybridized carbons (Fsp3) is 0.444. The molecule has 0 amide bonds. The van der Waals surface area contributed by atoms with Gasteiger partial charge >= 0.3 is 0 Å². The number of hydrogen-bond donors (Lipinski definition) is 2. The number of rotatable bonds is 5. The molecule has 1 atom stereocenters. The maximum absolute atomic E-state index is 5.83. The van der Waals surface area contributed by atoms with Crippen LogP contribution in [-0.4, -0.2) is 13.2 Å². The zero-order chi connectivity index (χ0) is 14.7. The molecule has 1 aliphatic rings. The molecule has 1 saturated carbocycles. The van der Waals surface area contributed by atoms with Crippen molar-refractivity contribution in [1.82, 2.24) is 5.43 Å². The van der Waals surface area contributed by atoms with E-state index in [-0.39, 0.29) is 0 Å². The van der Waals surface area contributed by atoms with Crippen LogP contribution in [0.25, 0.3) is 10.8 Å². The molecule has 3 rings (SSSR count). The Balaban J connectivity index is 1.91. The van der Waals surface area contributed by atoms with E-state index in [1.807, 2.05) is 6.07 Å². The van der Waals surface area contributed by atoms with Crippen molar-refractivity contribution in [2.24, 2.45) is 11.8 Å². The molecule has 1 unspecified atom stereocenters. The zero-order valence-corrected chi connectivity index (χ0v) is 12.6. The molecule has 112 valence electrons. The van der Waals surface area contributed by atoms with Gasteiger partial charge in [0, 0.05) is 6.04 Å². The lowest BCUT2D eigenvalue weighted by molar-refractivity contribution is 0.362. The first-order valence-electron chi connectivity index (χ1n) is 7.83. The molecule has 3 heteroatoms. The lowest BCUT2D eigenvalue weighted by Crippen LogP contribution is -2.41. The highest BCUT2D eigenvalue weighted by atomic mass is 16.5. The smallest absolute Gasteiger partial charge is 0.119 e. The lowest BCUT2D eigenvalue weighted by atomic mass is 9.90. The van der Waals surface area contributed by atoms with Crippen molar-refractivity contribution in [2.75, 3.05) is 7.11 Å². The minimum absolute atomic E-state index is 0.365. The number of ether oxygens (including phenoxy) is 1. The Morgan fingerprint density at radius 2 is 2.05 bits per heavy atom. The van der Waals surface area contributed by atoms with Gasteiger partial charge in [-0.3, -0.25) is 11.3 Å². The highest BCUT2D eigenvalue weighted by molar-refractivity contribution is 5.87. The molecule has 3 N–H and O–H groups in total. The number of fused-ring (bicyclic) bond motifs is 1. The lowest BCUT2D eigenvalue weighted by Gasteiger charge is -2.23. The quantitative estimate of drug-likeness (QED) is 0.653. The van der Waals surface area contributed by atoms with Crippen LogP contribution in [0.5, 0.6) is 5.75 Å².